The molecular weight excluding hydrogens is 494 g/mol. The number of rotatable bonds is 8. The van der Waals surface area contributed by atoms with Gasteiger partial charge in [0, 0.05) is 28.0 Å². The third-order valence-corrected chi connectivity index (χ3v) is 6.88. The van der Waals surface area contributed by atoms with Crippen molar-refractivity contribution in [2.75, 3.05) is 11.1 Å². The van der Waals surface area contributed by atoms with Crippen LogP contribution in [-0.2, 0) is 11.4 Å². The number of carbonyl (C=O) groups excluding carboxylic acids is 1. The lowest BCUT2D eigenvalue weighted by molar-refractivity contribution is -0.113. The highest BCUT2D eigenvalue weighted by molar-refractivity contribution is 7.99. The van der Waals surface area contributed by atoms with Gasteiger partial charge in [-0.3, -0.25) is 14.3 Å². The van der Waals surface area contributed by atoms with E-state index < -0.39 is 0 Å². The van der Waals surface area contributed by atoms with Gasteiger partial charge in [-0.05, 0) is 48.9 Å². The van der Waals surface area contributed by atoms with Gasteiger partial charge in [-0.2, -0.15) is 0 Å². The number of halogens is 1. The van der Waals surface area contributed by atoms with Crippen molar-refractivity contribution < 1.29 is 9.53 Å². The maximum atomic E-state index is 12.7. The van der Waals surface area contributed by atoms with Crippen molar-refractivity contribution in [3.05, 3.63) is 101 Å². The molecule has 2 aromatic heterocycles. The molecule has 0 unspecified atom stereocenters. The van der Waals surface area contributed by atoms with Gasteiger partial charge in [0.05, 0.1) is 5.75 Å². The predicted octanol–water partition coefficient (Wildman–Crippen LogP) is 6.09. The molecule has 2 heterocycles. The van der Waals surface area contributed by atoms with E-state index in [9.17, 15) is 4.79 Å². The molecule has 9 heteroatoms. The van der Waals surface area contributed by atoms with Crippen LogP contribution in [0.4, 0.5) is 5.69 Å². The predicted molar refractivity (Wildman–Crippen MR) is 143 cm³/mol. The van der Waals surface area contributed by atoms with E-state index in [0.29, 0.717) is 27.4 Å². The van der Waals surface area contributed by atoms with Gasteiger partial charge in [0.2, 0.25) is 5.91 Å². The Hall–Kier alpha value is -3.88. The molecule has 0 saturated carbocycles. The molecule has 1 amide bonds. The van der Waals surface area contributed by atoms with Crippen molar-refractivity contribution in [3.8, 4) is 11.4 Å². The van der Waals surface area contributed by atoms with Gasteiger partial charge in [-0.25, -0.2) is 0 Å². The maximum absolute atomic E-state index is 12.7. The Balaban J connectivity index is 1.35. The lowest BCUT2D eigenvalue weighted by Gasteiger charge is -2.12. The number of hydrogen-bond donors (Lipinski definition) is 1. The largest absolute Gasteiger partial charge is 0.483 e. The number of anilines is 1. The summed E-state index contributed by atoms with van der Waals surface area (Å²) in [5.74, 6) is 1.28. The molecule has 3 aromatic carbocycles. The van der Waals surface area contributed by atoms with E-state index in [1.165, 1.54) is 11.8 Å². The second-order valence-corrected chi connectivity index (χ2v) is 9.29. The lowest BCUT2D eigenvalue weighted by atomic mass is 10.2. The second-order valence-electron chi connectivity index (χ2n) is 7.94. The molecule has 0 atom stereocenters. The lowest BCUT2D eigenvalue weighted by Crippen LogP contribution is -2.15. The Kier molecular flexibility index (Phi) is 7.16. The van der Waals surface area contributed by atoms with Crippen LogP contribution in [-0.4, -0.2) is 31.4 Å². The van der Waals surface area contributed by atoms with E-state index in [0.717, 1.165) is 22.2 Å². The average Bonchev–Trinajstić information content (AvgIpc) is 3.32. The molecule has 0 aliphatic carbocycles. The molecular formula is C27H22ClN5O2S. The summed E-state index contributed by atoms with van der Waals surface area (Å²) in [5.41, 5.74) is 3.18. The standard InChI is InChI=1S/C27H22ClN5O2S/c1-18-21(28)12-6-13-22(18)30-25(34)17-36-27-32-31-24(33(27)20-10-3-2-4-11-20)16-35-23-14-5-8-19-9-7-15-29-26(19)23/h2-15H,16-17H2,1H3,(H,30,34). The normalized spacial score (nSPS) is 10.9. The number of nitrogens with zero attached hydrogens (tertiary/aromatic N) is 4. The number of aromatic nitrogens is 4. The molecule has 180 valence electrons. The van der Waals surface area contributed by atoms with Crippen molar-refractivity contribution in [2.45, 2.75) is 18.7 Å². The summed E-state index contributed by atoms with van der Waals surface area (Å²) in [4.78, 5) is 17.1. The Morgan fingerprint density at radius 1 is 1.00 bits per heavy atom. The van der Waals surface area contributed by atoms with Crippen LogP contribution >= 0.6 is 23.4 Å². The van der Waals surface area contributed by atoms with Crippen LogP contribution in [0.2, 0.25) is 5.02 Å². The minimum atomic E-state index is -0.160. The smallest absolute Gasteiger partial charge is 0.234 e. The van der Waals surface area contributed by atoms with Crippen molar-refractivity contribution in [3.63, 3.8) is 0 Å². The first-order valence-corrected chi connectivity index (χ1v) is 12.6. The van der Waals surface area contributed by atoms with E-state index in [1.54, 1.807) is 12.3 Å². The van der Waals surface area contributed by atoms with Gasteiger partial charge in [-0.15, -0.1) is 10.2 Å². The number of nitrogens with one attached hydrogen (secondary N) is 1. The first kappa shape index (κ1) is 23.8. The van der Waals surface area contributed by atoms with Crippen LogP contribution in [0.3, 0.4) is 0 Å². The van der Waals surface area contributed by atoms with E-state index in [-0.39, 0.29) is 18.3 Å². The molecule has 0 aliphatic rings. The number of pyridine rings is 1. The first-order valence-electron chi connectivity index (χ1n) is 11.2. The van der Waals surface area contributed by atoms with Crippen molar-refractivity contribution >= 4 is 45.9 Å². The van der Waals surface area contributed by atoms with Crippen LogP contribution in [0.1, 0.15) is 11.4 Å². The number of benzene rings is 3. The fourth-order valence-corrected chi connectivity index (χ4v) is 4.66. The molecule has 36 heavy (non-hydrogen) atoms. The third-order valence-electron chi connectivity index (χ3n) is 5.54. The van der Waals surface area contributed by atoms with Gasteiger partial charge in [0.25, 0.3) is 0 Å². The number of hydrogen-bond acceptors (Lipinski definition) is 6. The summed E-state index contributed by atoms with van der Waals surface area (Å²) in [6, 6.07) is 24.9. The van der Waals surface area contributed by atoms with Crippen LogP contribution in [0.25, 0.3) is 16.6 Å². The zero-order chi connectivity index (χ0) is 24.9. The Bertz CT molecular complexity index is 1520. The maximum Gasteiger partial charge on any atom is 0.234 e. The quantitative estimate of drug-likeness (QED) is 0.252. The molecule has 7 nitrogen and oxygen atoms in total. The van der Waals surface area contributed by atoms with Gasteiger partial charge in [-0.1, -0.05) is 65.8 Å². The number of carbonyl (C=O) groups is 1. The third kappa shape index (κ3) is 5.19. The molecule has 1 N–H and O–H groups in total. The summed E-state index contributed by atoms with van der Waals surface area (Å²) in [6.45, 7) is 2.06. The highest BCUT2D eigenvalue weighted by atomic mass is 35.5. The average molecular weight is 516 g/mol. The fourth-order valence-electron chi connectivity index (χ4n) is 3.72. The molecule has 0 spiro atoms. The number of ether oxygens (including phenoxy) is 1. The summed E-state index contributed by atoms with van der Waals surface area (Å²) >= 11 is 7.47. The zero-order valence-corrected chi connectivity index (χ0v) is 21.0. The van der Waals surface area contributed by atoms with Crippen molar-refractivity contribution in [1.29, 1.82) is 0 Å². The SMILES string of the molecule is Cc1c(Cl)cccc1NC(=O)CSc1nnc(COc2cccc3cccnc23)n1-c1ccccc1. The van der Waals surface area contributed by atoms with E-state index in [2.05, 4.69) is 20.5 Å². The van der Waals surface area contributed by atoms with Gasteiger partial charge >= 0.3 is 0 Å². The summed E-state index contributed by atoms with van der Waals surface area (Å²) in [6.07, 6.45) is 1.74. The Morgan fingerprint density at radius 3 is 2.67 bits per heavy atom. The second kappa shape index (κ2) is 10.8. The highest BCUT2D eigenvalue weighted by Gasteiger charge is 2.17. The number of amides is 1. The topological polar surface area (TPSA) is 81.9 Å². The van der Waals surface area contributed by atoms with Gasteiger partial charge in [0.15, 0.2) is 11.0 Å². The van der Waals surface area contributed by atoms with Crippen LogP contribution in [0.5, 0.6) is 5.75 Å². The van der Waals surface area contributed by atoms with Crippen LogP contribution in [0.15, 0.2) is 90.2 Å². The van der Waals surface area contributed by atoms with E-state index >= 15 is 0 Å². The highest BCUT2D eigenvalue weighted by Crippen LogP contribution is 2.27. The molecule has 5 rings (SSSR count). The molecule has 0 fully saturated rings. The van der Waals surface area contributed by atoms with Crippen LogP contribution in [0, 0.1) is 6.92 Å². The van der Waals surface area contributed by atoms with Crippen molar-refractivity contribution in [2.24, 2.45) is 0 Å². The van der Waals surface area contributed by atoms with Crippen molar-refractivity contribution in [1.82, 2.24) is 19.7 Å². The van der Waals surface area contributed by atoms with Crippen LogP contribution < -0.4 is 10.1 Å². The van der Waals surface area contributed by atoms with Gasteiger partial charge < -0.3 is 10.1 Å². The molecule has 0 saturated heterocycles. The summed E-state index contributed by atoms with van der Waals surface area (Å²) < 4.78 is 8.03. The molecule has 0 bridgehead atoms. The molecule has 5 aromatic rings. The zero-order valence-electron chi connectivity index (χ0n) is 19.4. The summed E-state index contributed by atoms with van der Waals surface area (Å²) in [7, 11) is 0. The fraction of sp³-hybridized carbons (Fsp3) is 0.111. The minimum absolute atomic E-state index is 0.158. The minimum Gasteiger partial charge on any atom is -0.483 e. The first-order chi connectivity index (χ1) is 17.6. The Labute approximate surface area is 217 Å². The molecule has 0 radical (unpaired) electrons. The number of thioether (sulfide) groups is 1. The number of fused-ring (bicyclic) bond motifs is 1. The van der Waals surface area contributed by atoms with Gasteiger partial charge in [0.1, 0.15) is 17.9 Å². The molecule has 0 aliphatic heterocycles. The van der Waals surface area contributed by atoms with E-state index in [4.69, 9.17) is 16.3 Å². The Morgan fingerprint density at radius 2 is 1.81 bits per heavy atom. The van der Waals surface area contributed by atoms with E-state index in [1.807, 2.05) is 84.3 Å². The summed E-state index contributed by atoms with van der Waals surface area (Å²) in [5, 5.41) is 13.8. The number of para-hydroxylation sites is 2. The monoisotopic (exact) mass is 515 g/mol.